The Morgan fingerprint density at radius 3 is 2.53 bits per heavy atom. The maximum Gasteiger partial charge on any atom is 0.331 e. The molecule has 1 saturated heterocycles. The minimum atomic E-state index is -0.614. The Kier molecular flexibility index (Phi) is 3.34. The fraction of sp³-hybridized carbons (Fsp3) is 0.800. The molecule has 0 N–H and O–H groups in total. The minimum absolute atomic E-state index is 0.202. The van der Waals surface area contributed by atoms with E-state index in [0.29, 0.717) is 6.41 Å². The lowest BCUT2D eigenvalue weighted by molar-refractivity contribution is -0.150. The molecule has 0 radical (unpaired) electrons. The molecule has 0 aromatic heterocycles. The van der Waals surface area contributed by atoms with Crippen molar-refractivity contribution in [3.8, 4) is 0 Å². The van der Waals surface area contributed by atoms with E-state index in [1.54, 1.807) is 0 Å². The first-order valence-corrected chi connectivity index (χ1v) is 4.84. The maximum absolute atomic E-state index is 11.4. The molecule has 0 saturated carbocycles. The second kappa shape index (κ2) is 4.18. The lowest BCUT2D eigenvalue weighted by Crippen LogP contribution is -2.46. The third kappa shape index (κ3) is 2.28. The van der Waals surface area contributed by atoms with Crippen LogP contribution in [0.2, 0.25) is 0 Å². The normalized spacial score (nSPS) is 26.5. The summed E-state index contributed by atoms with van der Waals surface area (Å²) in [5.41, 5.74) is -0.219. The summed E-state index contributed by atoms with van der Waals surface area (Å²) in [7, 11) is 1.30. The lowest BCUT2D eigenvalue weighted by Gasteiger charge is -2.32. The van der Waals surface area contributed by atoms with Gasteiger partial charge in [-0.1, -0.05) is 20.8 Å². The van der Waals surface area contributed by atoms with Crippen LogP contribution in [0.15, 0.2) is 0 Å². The molecule has 1 aliphatic heterocycles. The van der Waals surface area contributed by atoms with Crippen LogP contribution in [0, 0.1) is 5.41 Å². The van der Waals surface area contributed by atoms with Crippen LogP contribution in [0.5, 0.6) is 0 Å². The van der Waals surface area contributed by atoms with Crippen LogP contribution in [-0.4, -0.2) is 43.3 Å². The van der Waals surface area contributed by atoms with E-state index in [0.717, 1.165) is 0 Å². The summed E-state index contributed by atoms with van der Waals surface area (Å²) in [5.74, 6) is -0.436. The average Bonchev–Trinajstić information content (AvgIpc) is 2.59. The highest BCUT2D eigenvalue weighted by molar-refractivity contribution is 5.78. The second-order valence-electron chi connectivity index (χ2n) is 4.64. The van der Waals surface area contributed by atoms with Crippen LogP contribution in [0.25, 0.3) is 0 Å². The molecule has 0 aliphatic carbocycles. The van der Waals surface area contributed by atoms with Crippen molar-refractivity contribution in [3.63, 3.8) is 0 Å². The van der Waals surface area contributed by atoms with Gasteiger partial charge < -0.3 is 14.4 Å². The molecule has 1 heterocycles. The van der Waals surface area contributed by atoms with Gasteiger partial charge in [-0.15, -0.1) is 0 Å². The standard InChI is InChI=1S/C10H17NO4/c1-10(2,3)9-11(6-12)7(5-15-9)8(13)14-4/h6-7,9H,5H2,1-4H3/t7-,9-/m1/s1. The summed E-state index contributed by atoms with van der Waals surface area (Å²) < 4.78 is 10.1. The van der Waals surface area contributed by atoms with Gasteiger partial charge in [0.25, 0.3) is 0 Å². The zero-order valence-electron chi connectivity index (χ0n) is 9.52. The highest BCUT2D eigenvalue weighted by Gasteiger charge is 2.44. The Balaban J connectivity index is 2.83. The van der Waals surface area contributed by atoms with Gasteiger partial charge in [0.05, 0.1) is 13.7 Å². The zero-order chi connectivity index (χ0) is 11.6. The Morgan fingerprint density at radius 2 is 2.13 bits per heavy atom. The van der Waals surface area contributed by atoms with Crippen molar-refractivity contribution in [2.45, 2.75) is 33.0 Å². The fourth-order valence-corrected chi connectivity index (χ4v) is 1.67. The first-order chi connectivity index (χ1) is 6.91. The molecule has 2 atom stereocenters. The van der Waals surface area contributed by atoms with Crippen LogP contribution in [0.4, 0.5) is 0 Å². The van der Waals surface area contributed by atoms with Crippen LogP contribution in [0.3, 0.4) is 0 Å². The predicted octanol–water partition coefficient (Wildman–Crippen LogP) is 0.389. The molecule has 0 aromatic carbocycles. The Labute approximate surface area is 89.3 Å². The van der Waals surface area contributed by atoms with E-state index in [4.69, 9.17) is 4.74 Å². The van der Waals surface area contributed by atoms with Gasteiger partial charge in [-0.25, -0.2) is 4.79 Å². The number of methoxy groups -OCH3 is 1. The molecular weight excluding hydrogens is 198 g/mol. The van der Waals surface area contributed by atoms with Crippen molar-refractivity contribution in [1.29, 1.82) is 0 Å². The third-order valence-electron chi connectivity index (χ3n) is 2.38. The molecule has 86 valence electrons. The first-order valence-electron chi connectivity index (χ1n) is 4.84. The summed E-state index contributed by atoms with van der Waals surface area (Å²) in [6.45, 7) is 6.06. The molecule has 5 nitrogen and oxygen atoms in total. The Hall–Kier alpha value is -1.10. The monoisotopic (exact) mass is 215 g/mol. The molecule has 0 spiro atoms. The van der Waals surface area contributed by atoms with Crippen molar-refractivity contribution in [2.24, 2.45) is 5.41 Å². The van der Waals surface area contributed by atoms with Gasteiger partial charge >= 0.3 is 5.97 Å². The van der Waals surface area contributed by atoms with Crippen LogP contribution in [-0.2, 0) is 19.1 Å². The number of amides is 1. The summed E-state index contributed by atoms with van der Waals surface area (Å²) in [4.78, 5) is 23.7. The van der Waals surface area contributed by atoms with Gasteiger partial charge in [-0.2, -0.15) is 0 Å². The van der Waals surface area contributed by atoms with E-state index in [2.05, 4.69) is 4.74 Å². The van der Waals surface area contributed by atoms with Crippen LogP contribution in [0.1, 0.15) is 20.8 Å². The number of ether oxygens (including phenoxy) is 2. The average molecular weight is 215 g/mol. The van der Waals surface area contributed by atoms with Crippen LogP contribution < -0.4 is 0 Å². The summed E-state index contributed by atoms with van der Waals surface area (Å²) >= 11 is 0. The molecule has 5 heteroatoms. The molecule has 1 fully saturated rings. The quantitative estimate of drug-likeness (QED) is 0.494. The zero-order valence-corrected chi connectivity index (χ0v) is 9.52. The topological polar surface area (TPSA) is 55.8 Å². The second-order valence-corrected chi connectivity index (χ2v) is 4.64. The van der Waals surface area contributed by atoms with Gasteiger partial charge in [-0.3, -0.25) is 4.79 Å². The lowest BCUT2D eigenvalue weighted by atomic mass is 9.93. The van der Waals surface area contributed by atoms with Crippen molar-refractivity contribution in [2.75, 3.05) is 13.7 Å². The smallest absolute Gasteiger partial charge is 0.331 e. The van der Waals surface area contributed by atoms with E-state index >= 15 is 0 Å². The Morgan fingerprint density at radius 1 is 1.53 bits per heavy atom. The molecule has 0 unspecified atom stereocenters. The summed E-state index contributed by atoms with van der Waals surface area (Å²) in [6.07, 6.45) is 0.268. The highest BCUT2D eigenvalue weighted by atomic mass is 16.5. The largest absolute Gasteiger partial charge is 0.467 e. The SMILES string of the molecule is COC(=O)[C@H]1CO[C@H](C(C)(C)C)N1C=O. The van der Waals surface area contributed by atoms with Gasteiger partial charge in [0.2, 0.25) is 6.41 Å². The van der Waals surface area contributed by atoms with Crippen molar-refractivity contribution < 1.29 is 19.1 Å². The third-order valence-corrected chi connectivity index (χ3v) is 2.38. The van der Waals surface area contributed by atoms with Gasteiger partial charge in [0.1, 0.15) is 6.23 Å². The molecular formula is C10H17NO4. The number of esters is 1. The molecule has 15 heavy (non-hydrogen) atoms. The van der Waals surface area contributed by atoms with Gasteiger partial charge in [-0.05, 0) is 0 Å². The van der Waals surface area contributed by atoms with Crippen LogP contribution >= 0.6 is 0 Å². The van der Waals surface area contributed by atoms with Crippen molar-refractivity contribution in [3.05, 3.63) is 0 Å². The first kappa shape index (κ1) is 12.0. The van der Waals surface area contributed by atoms with E-state index in [9.17, 15) is 9.59 Å². The number of carbonyl (C=O) groups excluding carboxylic acids is 2. The predicted molar refractivity (Wildman–Crippen MR) is 52.9 cm³/mol. The van der Waals surface area contributed by atoms with Gasteiger partial charge in [0.15, 0.2) is 6.04 Å². The number of nitrogens with zero attached hydrogens (tertiary/aromatic N) is 1. The van der Waals surface area contributed by atoms with E-state index < -0.39 is 12.0 Å². The molecule has 1 amide bonds. The summed E-state index contributed by atoms with van der Waals surface area (Å²) in [6, 6.07) is -0.614. The number of rotatable bonds is 2. The number of hydrogen-bond donors (Lipinski definition) is 0. The summed E-state index contributed by atoms with van der Waals surface area (Å²) in [5, 5.41) is 0. The van der Waals surface area contributed by atoms with E-state index in [1.807, 2.05) is 20.8 Å². The number of hydrogen-bond acceptors (Lipinski definition) is 4. The van der Waals surface area contributed by atoms with E-state index in [1.165, 1.54) is 12.0 Å². The maximum atomic E-state index is 11.4. The van der Waals surface area contributed by atoms with Crippen molar-refractivity contribution >= 4 is 12.4 Å². The van der Waals surface area contributed by atoms with Gasteiger partial charge in [0, 0.05) is 5.41 Å². The Bertz CT molecular complexity index is 259. The molecule has 1 aliphatic rings. The molecule has 0 bridgehead atoms. The number of carbonyl (C=O) groups is 2. The van der Waals surface area contributed by atoms with Crippen molar-refractivity contribution in [1.82, 2.24) is 4.90 Å². The fourth-order valence-electron chi connectivity index (χ4n) is 1.67. The highest BCUT2D eigenvalue weighted by Crippen LogP contribution is 2.30. The minimum Gasteiger partial charge on any atom is -0.467 e. The molecule has 0 aromatic rings. The van der Waals surface area contributed by atoms with E-state index in [-0.39, 0.29) is 18.2 Å². The molecule has 1 rings (SSSR count).